The van der Waals surface area contributed by atoms with E-state index in [1.54, 1.807) is 12.4 Å². The van der Waals surface area contributed by atoms with Gasteiger partial charge in [0.1, 0.15) is 0 Å². The topological polar surface area (TPSA) is 33.1 Å². The second kappa shape index (κ2) is 4.96. The molecule has 1 aliphatic carbocycles. The van der Waals surface area contributed by atoms with Gasteiger partial charge in [-0.25, -0.2) is 0 Å². The molecular weight excluding hydrogens is 198 g/mol. The molecule has 1 aromatic heterocycles. The molecule has 0 saturated heterocycles. The van der Waals surface area contributed by atoms with Crippen LogP contribution in [-0.2, 0) is 5.60 Å². The summed E-state index contributed by atoms with van der Waals surface area (Å²) in [7, 11) is 0. The molecule has 1 fully saturated rings. The van der Waals surface area contributed by atoms with Gasteiger partial charge >= 0.3 is 0 Å². The van der Waals surface area contributed by atoms with Crippen LogP contribution in [0.5, 0.6) is 0 Å². The Hall–Kier alpha value is -0.890. The second-order valence-electron chi connectivity index (χ2n) is 5.22. The van der Waals surface area contributed by atoms with Crippen LogP contribution in [0.25, 0.3) is 0 Å². The Labute approximate surface area is 97.7 Å². The maximum atomic E-state index is 10.5. The highest BCUT2D eigenvalue weighted by Crippen LogP contribution is 2.34. The fraction of sp³-hybridized carbons (Fsp3) is 0.643. The number of hydrogen-bond donors (Lipinski definition) is 1. The molecule has 0 aromatic carbocycles. The molecule has 2 heteroatoms. The van der Waals surface area contributed by atoms with E-state index in [1.165, 1.54) is 32.1 Å². The van der Waals surface area contributed by atoms with Crippen LogP contribution in [0.3, 0.4) is 0 Å². The molecule has 0 spiro atoms. The summed E-state index contributed by atoms with van der Waals surface area (Å²) >= 11 is 0. The van der Waals surface area contributed by atoms with Crippen molar-refractivity contribution in [1.29, 1.82) is 0 Å². The van der Waals surface area contributed by atoms with E-state index >= 15 is 0 Å². The SMILES string of the molecule is CC(O)(CC1CCCCC1)c1cccnc1. The molecule has 88 valence electrons. The first kappa shape index (κ1) is 11.6. The van der Waals surface area contributed by atoms with Crippen LogP contribution in [0.2, 0.25) is 0 Å². The summed E-state index contributed by atoms with van der Waals surface area (Å²) in [5.41, 5.74) is 0.233. The predicted molar refractivity (Wildman–Crippen MR) is 65.0 cm³/mol. The van der Waals surface area contributed by atoms with E-state index in [0.717, 1.165) is 12.0 Å². The highest BCUT2D eigenvalue weighted by Gasteiger charge is 2.28. The van der Waals surface area contributed by atoms with Crippen LogP contribution in [-0.4, -0.2) is 10.1 Å². The van der Waals surface area contributed by atoms with Gasteiger partial charge in [0, 0.05) is 18.0 Å². The fourth-order valence-corrected chi connectivity index (χ4v) is 2.75. The zero-order chi connectivity index (χ0) is 11.4. The molecule has 0 amide bonds. The number of rotatable bonds is 3. The van der Waals surface area contributed by atoms with Gasteiger partial charge in [0.05, 0.1) is 5.60 Å². The molecule has 1 atom stereocenters. The average molecular weight is 219 g/mol. The van der Waals surface area contributed by atoms with Crippen molar-refractivity contribution in [2.24, 2.45) is 5.92 Å². The maximum absolute atomic E-state index is 10.5. The Morgan fingerprint density at radius 1 is 1.38 bits per heavy atom. The van der Waals surface area contributed by atoms with Gasteiger partial charge in [-0.15, -0.1) is 0 Å². The van der Waals surface area contributed by atoms with Crippen LogP contribution in [0, 0.1) is 5.92 Å². The van der Waals surface area contributed by atoms with E-state index in [-0.39, 0.29) is 0 Å². The molecule has 1 heterocycles. The summed E-state index contributed by atoms with van der Waals surface area (Å²) in [4.78, 5) is 4.08. The first-order valence-corrected chi connectivity index (χ1v) is 6.31. The Balaban J connectivity index is 2.01. The van der Waals surface area contributed by atoms with Gasteiger partial charge in [-0.05, 0) is 25.3 Å². The van der Waals surface area contributed by atoms with Gasteiger partial charge in [-0.3, -0.25) is 4.98 Å². The highest BCUT2D eigenvalue weighted by molar-refractivity contribution is 5.16. The van der Waals surface area contributed by atoms with E-state index in [1.807, 2.05) is 19.1 Å². The summed E-state index contributed by atoms with van der Waals surface area (Å²) in [5.74, 6) is 0.684. The minimum atomic E-state index is -0.712. The van der Waals surface area contributed by atoms with Crippen LogP contribution >= 0.6 is 0 Å². The number of aliphatic hydroxyl groups is 1. The molecule has 1 aliphatic rings. The smallest absolute Gasteiger partial charge is 0.0886 e. The Morgan fingerprint density at radius 2 is 2.12 bits per heavy atom. The summed E-state index contributed by atoms with van der Waals surface area (Å²) in [6.45, 7) is 1.92. The Morgan fingerprint density at radius 3 is 2.75 bits per heavy atom. The van der Waals surface area contributed by atoms with Crippen molar-refractivity contribution in [3.63, 3.8) is 0 Å². The van der Waals surface area contributed by atoms with Crippen molar-refractivity contribution in [2.75, 3.05) is 0 Å². The first-order valence-electron chi connectivity index (χ1n) is 6.31. The van der Waals surface area contributed by atoms with E-state index in [0.29, 0.717) is 5.92 Å². The number of pyridine rings is 1. The molecule has 2 nitrogen and oxygen atoms in total. The quantitative estimate of drug-likeness (QED) is 0.846. The monoisotopic (exact) mass is 219 g/mol. The molecule has 0 bridgehead atoms. The van der Waals surface area contributed by atoms with Gasteiger partial charge in [0.15, 0.2) is 0 Å². The predicted octanol–water partition coefficient (Wildman–Crippen LogP) is 3.26. The molecule has 1 unspecified atom stereocenters. The van der Waals surface area contributed by atoms with Gasteiger partial charge in [-0.1, -0.05) is 38.2 Å². The third kappa shape index (κ3) is 2.82. The molecular formula is C14H21NO. The third-order valence-electron chi connectivity index (χ3n) is 3.69. The third-order valence-corrected chi connectivity index (χ3v) is 3.69. The van der Waals surface area contributed by atoms with Gasteiger partial charge in [0.2, 0.25) is 0 Å². The lowest BCUT2D eigenvalue weighted by Gasteiger charge is -2.30. The van der Waals surface area contributed by atoms with Crippen molar-refractivity contribution in [2.45, 2.75) is 51.0 Å². The summed E-state index contributed by atoms with van der Waals surface area (Å²) in [6, 6.07) is 3.86. The van der Waals surface area contributed by atoms with E-state index < -0.39 is 5.60 Å². The molecule has 0 radical (unpaired) electrons. The van der Waals surface area contributed by atoms with Crippen molar-refractivity contribution >= 4 is 0 Å². The van der Waals surface area contributed by atoms with E-state index in [2.05, 4.69) is 4.98 Å². The molecule has 16 heavy (non-hydrogen) atoms. The molecule has 2 rings (SSSR count). The van der Waals surface area contributed by atoms with E-state index in [4.69, 9.17) is 0 Å². The Bertz CT molecular complexity index is 315. The lowest BCUT2D eigenvalue weighted by Crippen LogP contribution is -2.26. The van der Waals surface area contributed by atoms with Gasteiger partial charge in [-0.2, -0.15) is 0 Å². The summed E-state index contributed by atoms with van der Waals surface area (Å²) in [6.07, 6.45) is 11.0. The standard InChI is InChI=1S/C14H21NO/c1-14(16,13-8-5-9-15-11-13)10-12-6-3-2-4-7-12/h5,8-9,11-12,16H,2-4,6-7,10H2,1H3. The molecule has 1 saturated carbocycles. The largest absolute Gasteiger partial charge is 0.385 e. The fourth-order valence-electron chi connectivity index (χ4n) is 2.75. The minimum absolute atomic E-state index is 0.684. The van der Waals surface area contributed by atoms with E-state index in [9.17, 15) is 5.11 Å². The lowest BCUT2D eigenvalue weighted by atomic mass is 9.79. The zero-order valence-electron chi connectivity index (χ0n) is 10.0. The normalized spacial score (nSPS) is 21.6. The van der Waals surface area contributed by atoms with Gasteiger partial charge in [0.25, 0.3) is 0 Å². The first-order chi connectivity index (χ1) is 7.68. The number of aromatic nitrogens is 1. The second-order valence-corrected chi connectivity index (χ2v) is 5.22. The molecule has 1 aromatic rings. The zero-order valence-corrected chi connectivity index (χ0v) is 10.0. The average Bonchev–Trinajstić information content (AvgIpc) is 2.31. The van der Waals surface area contributed by atoms with Crippen LogP contribution in [0.4, 0.5) is 0 Å². The van der Waals surface area contributed by atoms with Crippen LogP contribution in [0.1, 0.15) is 51.0 Å². The Kier molecular flexibility index (Phi) is 3.59. The summed E-state index contributed by atoms with van der Waals surface area (Å²) in [5, 5.41) is 10.5. The van der Waals surface area contributed by atoms with Crippen LogP contribution in [0.15, 0.2) is 24.5 Å². The minimum Gasteiger partial charge on any atom is -0.385 e. The van der Waals surface area contributed by atoms with Gasteiger partial charge < -0.3 is 5.11 Å². The molecule has 0 aliphatic heterocycles. The van der Waals surface area contributed by atoms with Crippen molar-refractivity contribution in [3.8, 4) is 0 Å². The van der Waals surface area contributed by atoms with Crippen molar-refractivity contribution in [3.05, 3.63) is 30.1 Å². The maximum Gasteiger partial charge on any atom is 0.0886 e. The van der Waals surface area contributed by atoms with Crippen molar-refractivity contribution in [1.82, 2.24) is 4.98 Å². The summed E-state index contributed by atoms with van der Waals surface area (Å²) < 4.78 is 0. The highest BCUT2D eigenvalue weighted by atomic mass is 16.3. The number of nitrogens with zero attached hydrogens (tertiary/aromatic N) is 1. The lowest BCUT2D eigenvalue weighted by molar-refractivity contribution is 0.0235. The molecule has 1 N–H and O–H groups in total. The van der Waals surface area contributed by atoms with Crippen LogP contribution < -0.4 is 0 Å². The number of hydrogen-bond acceptors (Lipinski definition) is 2. The van der Waals surface area contributed by atoms with Crippen molar-refractivity contribution < 1.29 is 5.11 Å².